The first-order valence-corrected chi connectivity index (χ1v) is 21.4. The van der Waals surface area contributed by atoms with Gasteiger partial charge in [0.2, 0.25) is 29.3 Å². The Hall–Kier alpha value is -6.85. The highest BCUT2D eigenvalue weighted by atomic mass is 19.4. The highest BCUT2D eigenvalue weighted by Crippen LogP contribution is 2.57. The van der Waals surface area contributed by atoms with Crippen molar-refractivity contribution in [2.24, 2.45) is 12.5 Å². The molecule has 3 aromatic heterocycles. The maximum Gasteiger partial charge on any atom is 0.490 e. The number of hydrogen-bond donors (Lipinski definition) is 4. The fourth-order valence-corrected chi connectivity index (χ4v) is 9.40. The van der Waals surface area contributed by atoms with Crippen molar-refractivity contribution in [1.82, 2.24) is 45.0 Å². The number of rotatable bonds is 10. The molecule has 5 aromatic rings. The van der Waals surface area contributed by atoms with E-state index in [2.05, 4.69) is 35.8 Å². The number of carbonyl (C=O) groups excluding carboxylic acids is 3. The van der Waals surface area contributed by atoms with Gasteiger partial charge in [0.05, 0.1) is 16.6 Å². The molecule has 3 amide bonds. The molecule has 2 saturated heterocycles. The van der Waals surface area contributed by atoms with Crippen molar-refractivity contribution >= 4 is 40.5 Å². The number of hydrogen-bond acceptors (Lipinski definition) is 13. The van der Waals surface area contributed by atoms with E-state index in [4.69, 9.17) is 19.4 Å². The Morgan fingerprint density at radius 2 is 1.61 bits per heavy atom. The van der Waals surface area contributed by atoms with Crippen molar-refractivity contribution in [2.45, 2.75) is 75.4 Å². The molecule has 4 N–H and O–H groups in total. The largest absolute Gasteiger partial charge is 0.503 e. The van der Waals surface area contributed by atoms with E-state index < -0.39 is 58.8 Å². The smallest absolute Gasteiger partial charge is 0.490 e. The number of carboxylic acid groups (broad SMARTS) is 1. The molecule has 0 spiro atoms. The Balaban J connectivity index is 0.000000807. The van der Waals surface area contributed by atoms with Crippen LogP contribution in [0.25, 0.3) is 22.6 Å². The molecular weight excluding hydrogens is 899 g/mol. The summed E-state index contributed by atoms with van der Waals surface area (Å²) >= 11 is 0. The number of halogens is 6. The third-order valence-corrected chi connectivity index (χ3v) is 13.5. The number of imidazole rings is 1. The minimum absolute atomic E-state index is 0.193. The zero-order chi connectivity index (χ0) is 48.0. The van der Waals surface area contributed by atoms with Crippen molar-refractivity contribution < 1.29 is 60.3 Å². The second-order valence-electron chi connectivity index (χ2n) is 17.4. The number of piperidine rings is 1. The SMILES string of the molecule is Cn1c(=O)n([C@@H]2CCC(=O)NC2=O)c2ccc(CCN3CCN(c4ccc(-c5noc(C67CCC(CNC(=O)c8cc(F)c(O)c(F)c8F)(CC6)CC7)n5)nn4)CC3)cc21.O=C(O)C(F)(F)F. The molecule has 5 heterocycles. The van der Waals surface area contributed by atoms with Crippen LogP contribution in [-0.2, 0) is 33.3 Å². The number of phenols is 1. The summed E-state index contributed by atoms with van der Waals surface area (Å²) < 4.78 is 82.5. The fourth-order valence-electron chi connectivity index (χ4n) is 9.40. The third-order valence-electron chi connectivity index (χ3n) is 13.5. The number of fused-ring (bicyclic) bond motifs is 4. The van der Waals surface area contributed by atoms with Gasteiger partial charge in [-0.2, -0.15) is 22.5 Å². The second kappa shape index (κ2) is 18.1. The molecule has 0 radical (unpaired) electrons. The summed E-state index contributed by atoms with van der Waals surface area (Å²) in [6, 6.07) is 9.40. The number of imide groups is 1. The van der Waals surface area contributed by atoms with Gasteiger partial charge in [-0.3, -0.25) is 33.7 Å². The van der Waals surface area contributed by atoms with Gasteiger partial charge >= 0.3 is 17.8 Å². The number of phenolic OH excluding ortho intramolecular Hbond substituents is 1. The standard InChI is InChI=1S/C41H43F3N10O6.C2HF3O2/c1-51-29-20-23(2-4-27(29)54(39(51)59)28-5-7-31(55)46-37(28)58)8-15-52-16-18-53(19-17-52)30-6-3-26(48-49-30)35-47-38(60-50-35)41-12-9-40(10-13-41,11-14-41)22-45-36(57)24-21-25(42)34(56)33(44)32(24)43;3-2(4,5)1(6)7/h2-4,6,20-21,28,56H,5,7-19,22H2,1H3,(H,45,57)(H,46,55,58);(H,6,7)/t28-,40?,41?;/m1./s1. The molecule has 2 bridgehead atoms. The molecule has 5 aliphatic rings. The van der Waals surface area contributed by atoms with Crippen LogP contribution < -0.4 is 21.2 Å². The monoisotopic (exact) mass is 942 g/mol. The molecule has 67 heavy (non-hydrogen) atoms. The second-order valence-corrected chi connectivity index (χ2v) is 17.4. The number of aromatic hydroxyl groups is 1. The molecular formula is C43H44F6N10O8. The van der Waals surface area contributed by atoms with E-state index in [0.717, 1.165) is 94.6 Å². The van der Waals surface area contributed by atoms with E-state index in [1.807, 2.05) is 30.3 Å². The van der Waals surface area contributed by atoms with Crippen molar-refractivity contribution in [3.8, 4) is 17.3 Å². The molecule has 3 aliphatic carbocycles. The number of aliphatic carboxylic acids is 1. The van der Waals surface area contributed by atoms with Crippen molar-refractivity contribution in [3.05, 3.63) is 81.4 Å². The van der Waals surface area contributed by atoms with Gasteiger partial charge in [0.15, 0.2) is 23.2 Å². The number of alkyl halides is 3. The predicted molar refractivity (Wildman–Crippen MR) is 222 cm³/mol. The zero-order valence-corrected chi connectivity index (χ0v) is 35.8. The van der Waals surface area contributed by atoms with E-state index in [1.165, 1.54) is 4.57 Å². The first kappa shape index (κ1) is 46.7. The summed E-state index contributed by atoms with van der Waals surface area (Å²) in [7, 11) is 1.70. The molecule has 24 heteroatoms. The summed E-state index contributed by atoms with van der Waals surface area (Å²) in [5.41, 5.74) is 1.32. The lowest BCUT2D eigenvalue weighted by Gasteiger charge is -2.51. The molecule has 356 valence electrons. The van der Waals surface area contributed by atoms with Crippen LogP contribution in [0.2, 0.25) is 0 Å². The Kier molecular flexibility index (Phi) is 12.6. The van der Waals surface area contributed by atoms with E-state index in [0.29, 0.717) is 35.4 Å². The number of carbonyl (C=O) groups is 4. The van der Waals surface area contributed by atoms with Crippen LogP contribution in [0.4, 0.5) is 32.2 Å². The highest BCUT2D eigenvalue weighted by Gasteiger charge is 2.52. The molecule has 0 unspecified atom stereocenters. The van der Waals surface area contributed by atoms with Crippen molar-refractivity contribution in [3.63, 3.8) is 0 Å². The number of aryl methyl sites for hydroxylation is 1. The van der Waals surface area contributed by atoms with Gasteiger partial charge in [-0.05, 0) is 92.7 Å². The summed E-state index contributed by atoms with van der Waals surface area (Å²) in [5.74, 6) is -9.11. The maximum atomic E-state index is 14.3. The average molecular weight is 943 g/mol. The topological polar surface area (TPSA) is 231 Å². The van der Waals surface area contributed by atoms with Crippen LogP contribution in [-0.4, -0.2) is 114 Å². The van der Waals surface area contributed by atoms with Gasteiger partial charge in [0.25, 0.3) is 5.91 Å². The van der Waals surface area contributed by atoms with Crippen LogP contribution in [0.3, 0.4) is 0 Å². The summed E-state index contributed by atoms with van der Waals surface area (Å²) in [6.45, 7) is 4.24. The Bertz CT molecular complexity index is 2780. The summed E-state index contributed by atoms with van der Waals surface area (Å²) in [4.78, 5) is 68.2. The maximum absolute atomic E-state index is 14.3. The number of nitrogens with zero attached hydrogens (tertiary/aromatic N) is 8. The van der Waals surface area contributed by atoms with Gasteiger partial charge in [-0.1, -0.05) is 11.2 Å². The van der Waals surface area contributed by atoms with Crippen LogP contribution in [0, 0.1) is 22.9 Å². The first-order valence-electron chi connectivity index (χ1n) is 21.4. The molecule has 5 fully saturated rings. The minimum Gasteiger partial charge on any atom is -0.503 e. The van der Waals surface area contributed by atoms with E-state index in [1.54, 1.807) is 11.6 Å². The van der Waals surface area contributed by atoms with Gasteiger partial charge in [-0.25, -0.2) is 18.4 Å². The van der Waals surface area contributed by atoms with Gasteiger partial charge < -0.3 is 25.0 Å². The fraction of sp³-hybridized carbons (Fsp3) is 0.465. The zero-order valence-electron chi connectivity index (χ0n) is 35.8. The third kappa shape index (κ3) is 9.30. The number of anilines is 1. The quantitative estimate of drug-likeness (QED) is 0.0870. The van der Waals surface area contributed by atoms with Gasteiger partial charge in [-0.15, -0.1) is 10.2 Å². The number of amides is 3. The number of aromatic nitrogens is 6. The number of carboxylic acids is 1. The minimum atomic E-state index is -5.08. The molecule has 2 aliphatic heterocycles. The Morgan fingerprint density at radius 1 is 0.925 bits per heavy atom. The van der Waals surface area contributed by atoms with E-state index in [-0.39, 0.29) is 35.4 Å². The van der Waals surface area contributed by atoms with Gasteiger partial charge in [0.1, 0.15) is 11.7 Å². The average Bonchev–Trinajstić information content (AvgIpc) is 3.92. The van der Waals surface area contributed by atoms with Crippen LogP contribution in [0.15, 0.2) is 45.7 Å². The lowest BCUT2D eigenvalue weighted by atomic mass is 9.53. The van der Waals surface area contributed by atoms with E-state index >= 15 is 0 Å². The van der Waals surface area contributed by atoms with Crippen LogP contribution in [0.1, 0.15) is 79.2 Å². The molecule has 10 rings (SSSR count). The highest BCUT2D eigenvalue weighted by molar-refractivity contribution is 6.00. The normalized spacial score (nSPS) is 22.1. The molecule has 2 aromatic carbocycles. The lowest BCUT2D eigenvalue weighted by molar-refractivity contribution is -0.192. The Labute approximate surface area is 375 Å². The number of benzene rings is 2. The predicted octanol–water partition coefficient (Wildman–Crippen LogP) is 4.30. The number of piperazine rings is 1. The van der Waals surface area contributed by atoms with Crippen LogP contribution >= 0.6 is 0 Å². The number of nitrogens with one attached hydrogen (secondary N) is 2. The molecule has 3 saturated carbocycles. The van der Waals surface area contributed by atoms with E-state index in [9.17, 15) is 50.6 Å². The summed E-state index contributed by atoms with van der Waals surface area (Å²) in [5, 5.41) is 34.6. The summed E-state index contributed by atoms with van der Waals surface area (Å²) in [6.07, 6.45) is 0.570. The first-order chi connectivity index (χ1) is 31.8. The van der Waals surface area contributed by atoms with Crippen molar-refractivity contribution in [1.29, 1.82) is 0 Å². The molecule has 1 atom stereocenters. The van der Waals surface area contributed by atoms with Crippen molar-refractivity contribution in [2.75, 3.05) is 44.2 Å². The Morgan fingerprint density at radius 3 is 2.24 bits per heavy atom. The van der Waals surface area contributed by atoms with Crippen LogP contribution in [0.5, 0.6) is 5.75 Å². The molecule has 18 nitrogen and oxygen atoms in total. The lowest BCUT2D eigenvalue weighted by Crippen LogP contribution is -2.49. The van der Waals surface area contributed by atoms with Gasteiger partial charge in [0, 0.05) is 58.2 Å².